The Bertz CT molecular complexity index is 1030. The predicted molar refractivity (Wildman–Crippen MR) is 119 cm³/mol. The lowest BCUT2D eigenvalue weighted by Gasteiger charge is -2.38. The van der Waals surface area contributed by atoms with E-state index < -0.39 is 17.3 Å². The van der Waals surface area contributed by atoms with Crippen LogP contribution in [0.1, 0.15) is 53.7 Å². The molecule has 1 heterocycles. The van der Waals surface area contributed by atoms with E-state index in [0.717, 1.165) is 17.7 Å². The van der Waals surface area contributed by atoms with Gasteiger partial charge in [-0.05, 0) is 69.0 Å². The highest BCUT2D eigenvalue weighted by Crippen LogP contribution is 2.37. The van der Waals surface area contributed by atoms with E-state index in [2.05, 4.69) is 10.6 Å². The molecular formula is C24H28F3N3O3. The standard InChI is InChI=1S/C24H28F3N3O3/c1-15(2)28-22(32)29-20-13-17(8-7-16(20)3)21(31)30-11-9-23(33,10-12-30)18-5-4-6-19(14-18)24(25,26)27/h4-8,13-15,33H,9-12H2,1-3H3,(H2,28,29,32). The summed E-state index contributed by atoms with van der Waals surface area (Å²) in [6, 6.07) is 9.29. The smallest absolute Gasteiger partial charge is 0.385 e. The van der Waals surface area contributed by atoms with Crippen molar-refractivity contribution in [2.75, 3.05) is 18.4 Å². The number of piperidine rings is 1. The van der Waals surface area contributed by atoms with Crippen molar-refractivity contribution in [1.82, 2.24) is 10.2 Å². The van der Waals surface area contributed by atoms with Crippen LogP contribution in [-0.4, -0.2) is 41.1 Å². The summed E-state index contributed by atoms with van der Waals surface area (Å²) in [5.74, 6) is -0.270. The molecule has 0 saturated carbocycles. The van der Waals surface area contributed by atoms with E-state index in [1.807, 2.05) is 20.8 Å². The van der Waals surface area contributed by atoms with Gasteiger partial charge < -0.3 is 20.6 Å². The van der Waals surface area contributed by atoms with Gasteiger partial charge in [-0.1, -0.05) is 18.2 Å². The maximum atomic E-state index is 13.1. The number of carbonyl (C=O) groups is 2. The van der Waals surface area contributed by atoms with Gasteiger partial charge >= 0.3 is 12.2 Å². The fourth-order valence-corrected chi connectivity index (χ4v) is 3.85. The lowest BCUT2D eigenvalue weighted by Crippen LogP contribution is -2.45. The summed E-state index contributed by atoms with van der Waals surface area (Å²) in [5.41, 5.74) is -0.368. The monoisotopic (exact) mass is 463 g/mol. The number of carbonyl (C=O) groups excluding carboxylic acids is 2. The number of nitrogens with zero attached hydrogens (tertiary/aromatic N) is 1. The number of rotatable bonds is 4. The summed E-state index contributed by atoms with van der Waals surface area (Å²) in [4.78, 5) is 26.6. The van der Waals surface area contributed by atoms with Gasteiger partial charge in [0.25, 0.3) is 5.91 Å². The van der Waals surface area contributed by atoms with Crippen LogP contribution in [0.25, 0.3) is 0 Å². The van der Waals surface area contributed by atoms with Gasteiger partial charge in [0.1, 0.15) is 0 Å². The number of nitrogens with one attached hydrogen (secondary N) is 2. The van der Waals surface area contributed by atoms with Crippen LogP contribution in [-0.2, 0) is 11.8 Å². The first-order valence-corrected chi connectivity index (χ1v) is 10.8. The molecule has 0 radical (unpaired) electrons. The number of aryl methyl sites for hydroxylation is 1. The van der Waals surface area contributed by atoms with E-state index in [1.165, 1.54) is 12.1 Å². The van der Waals surface area contributed by atoms with E-state index in [-0.39, 0.29) is 49.5 Å². The molecule has 0 aromatic heterocycles. The number of alkyl halides is 3. The molecule has 178 valence electrons. The average molecular weight is 464 g/mol. The number of aliphatic hydroxyl groups is 1. The molecule has 2 aromatic rings. The van der Waals surface area contributed by atoms with E-state index in [0.29, 0.717) is 11.3 Å². The summed E-state index contributed by atoms with van der Waals surface area (Å²) in [7, 11) is 0. The Kier molecular flexibility index (Phi) is 7.02. The van der Waals surface area contributed by atoms with Crippen LogP contribution < -0.4 is 10.6 Å². The highest BCUT2D eigenvalue weighted by atomic mass is 19.4. The quantitative estimate of drug-likeness (QED) is 0.617. The van der Waals surface area contributed by atoms with Crippen molar-refractivity contribution in [3.8, 4) is 0 Å². The maximum absolute atomic E-state index is 13.1. The molecular weight excluding hydrogens is 435 g/mol. The molecule has 0 aliphatic carbocycles. The summed E-state index contributed by atoms with van der Waals surface area (Å²) in [6.45, 7) is 5.87. The zero-order valence-corrected chi connectivity index (χ0v) is 18.8. The van der Waals surface area contributed by atoms with E-state index in [1.54, 1.807) is 23.1 Å². The minimum Gasteiger partial charge on any atom is -0.385 e. The fourth-order valence-electron chi connectivity index (χ4n) is 3.85. The Labute approximate surface area is 190 Å². The van der Waals surface area contributed by atoms with Gasteiger partial charge in [0.2, 0.25) is 0 Å². The largest absolute Gasteiger partial charge is 0.416 e. The number of urea groups is 1. The van der Waals surface area contributed by atoms with Crippen molar-refractivity contribution in [3.63, 3.8) is 0 Å². The summed E-state index contributed by atoms with van der Waals surface area (Å²) >= 11 is 0. The third kappa shape index (κ3) is 5.84. The number of benzene rings is 2. The van der Waals surface area contributed by atoms with Crippen LogP contribution >= 0.6 is 0 Å². The third-order valence-corrected chi connectivity index (χ3v) is 5.76. The lowest BCUT2D eigenvalue weighted by molar-refractivity contribution is -0.137. The van der Waals surface area contributed by atoms with Gasteiger partial charge in [-0.15, -0.1) is 0 Å². The summed E-state index contributed by atoms with van der Waals surface area (Å²) in [6.07, 6.45) is -4.26. The van der Waals surface area contributed by atoms with Crippen molar-refractivity contribution < 1.29 is 27.9 Å². The van der Waals surface area contributed by atoms with Crippen molar-refractivity contribution in [2.45, 2.75) is 51.4 Å². The number of hydrogen-bond donors (Lipinski definition) is 3. The molecule has 1 aliphatic rings. The molecule has 3 N–H and O–H groups in total. The molecule has 0 atom stereocenters. The Hall–Kier alpha value is -3.07. The molecule has 9 heteroatoms. The van der Waals surface area contributed by atoms with Crippen LogP contribution in [0, 0.1) is 6.92 Å². The van der Waals surface area contributed by atoms with Crippen LogP contribution in [0.4, 0.5) is 23.7 Å². The number of likely N-dealkylation sites (tertiary alicyclic amines) is 1. The van der Waals surface area contributed by atoms with Gasteiger partial charge in [0.05, 0.1) is 11.2 Å². The topological polar surface area (TPSA) is 81.7 Å². The van der Waals surface area contributed by atoms with Gasteiger partial charge in [-0.3, -0.25) is 4.79 Å². The Balaban J connectivity index is 1.70. The molecule has 1 aliphatic heterocycles. The SMILES string of the molecule is Cc1ccc(C(=O)N2CCC(O)(c3cccc(C(F)(F)F)c3)CC2)cc1NC(=O)NC(C)C. The average Bonchev–Trinajstić information content (AvgIpc) is 2.74. The van der Waals surface area contributed by atoms with Gasteiger partial charge in [0, 0.05) is 30.4 Å². The van der Waals surface area contributed by atoms with Gasteiger partial charge in [0.15, 0.2) is 0 Å². The van der Waals surface area contributed by atoms with E-state index in [4.69, 9.17) is 0 Å². The van der Waals surface area contributed by atoms with Gasteiger partial charge in [-0.25, -0.2) is 4.79 Å². The molecule has 1 fully saturated rings. The van der Waals surface area contributed by atoms with Crippen molar-refractivity contribution >= 4 is 17.6 Å². The second-order valence-corrected chi connectivity index (χ2v) is 8.69. The van der Waals surface area contributed by atoms with Crippen LogP contribution in [0.5, 0.6) is 0 Å². The number of hydrogen-bond acceptors (Lipinski definition) is 3. The molecule has 0 bridgehead atoms. The van der Waals surface area contributed by atoms with E-state index >= 15 is 0 Å². The minimum atomic E-state index is -4.49. The van der Waals surface area contributed by atoms with Gasteiger partial charge in [-0.2, -0.15) is 13.2 Å². The molecule has 3 rings (SSSR count). The fraction of sp³-hybridized carbons (Fsp3) is 0.417. The Morgan fingerprint density at radius 2 is 1.76 bits per heavy atom. The van der Waals surface area contributed by atoms with Crippen LogP contribution in [0.15, 0.2) is 42.5 Å². The molecule has 2 aromatic carbocycles. The summed E-state index contributed by atoms with van der Waals surface area (Å²) in [5, 5.41) is 16.5. The molecule has 0 unspecified atom stereocenters. The zero-order chi connectivity index (χ0) is 24.4. The zero-order valence-electron chi connectivity index (χ0n) is 18.8. The highest BCUT2D eigenvalue weighted by Gasteiger charge is 2.38. The van der Waals surface area contributed by atoms with Crippen molar-refractivity contribution in [2.24, 2.45) is 0 Å². The normalized spacial score (nSPS) is 15.9. The highest BCUT2D eigenvalue weighted by molar-refractivity contribution is 5.97. The second kappa shape index (κ2) is 9.43. The number of halogens is 3. The Morgan fingerprint density at radius 3 is 2.36 bits per heavy atom. The molecule has 6 nitrogen and oxygen atoms in total. The first-order chi connectivity index (χ1) is 15.4. The van der Waals surface area contributed by atoms with Crippen LogP contribution in [0.3, 0.4) is 0 Å². The maximum Gasteiger partial charge on any atom is 0.416 e. The number of amides is 3. The molecule has 1 saturated heterocycles. The summed E-state index contributed by atoms with van der Waals surface area (Å²) < 4.78 is 39.2. The first kappa shape index (κ1) is 24.6. The predicted octanol–water partition coefficient (Wildman–Crippen LogP) is 4.67. The number of anilines is 1. The molecule has 0 spiro atoms. The molecule has 33 heavy (non-hydrogen) atoms. The minimum absolute atomic E-state index is 0.0426. The second-order valence-electron chi connectivity index (χ2n) is 8.69. The first-order valence-electron chi connectivity index (χ1n) is 10.8. The van der Waals surface area contributed by atoms with Crippen LogP contribution in [0.2, 0.25) is 0 Å². The molecule has 3 amide bonds. The van der Waals surface area contributed by atoms with Crippen molar-refractivity contribution in [1.29, 1.82) is 0 Å². The Morgan fingerprint density at radius 1 is 1.09 bits per heavy atom. The third-order valence-electron chi connectivity index (χ3n) is 5.76. The van der Waals surface area contributed by atoms with Crippen molar-refractivity contribution in [3.05, 3.63) is 64.7 Å². The lowest BCUT2D eigenvalue weighted by atomic mass is 9.83. The van der Waals surface area contributed by atoms with E-state index in [9.17, 15) is 27.9 Å².